The first-order valence-electron chi connectivity index (χ1n) is 12.0. The normalized spacial score (nSPS) is 21.7. The smallest absolute Gasteiger partial charge is 0.170 e. The fourth-order valence-corrected chi connectivity index (χ4v) is 5.37. The van der Waals surface area contributed by atoms with Gasteiger partial charge in [0, 0.05) is 56.9 Å². The predicted octanol–water partition coefficient (Wildman–Crippen LogP) is 2.76. The van der Waals surface area contributed by atoms with E-state index in [4.69, 9.17) is 17.0 Å². The van der Waals surface area contributed by atoms with Gasteiger partial charge in [-0.2, -0.15) is 0 Å². The van der Waals surface area contributed by atoms with Crippen LogP contribution in [0, 0.1) is 13.8 Å². The average Bonchev–Trinajstić information content (AvgIpc) is 3.29. The summed E-state index contributed by atoms with van der Waals surface area (Å²) in [4.78, 5) is 11.8. The molecule has 0 aromatic carbocycles. The fourth-order valence-electron chi connectivity index (χ4n) is 5.04. The van der Waals surface area contributed by atoms with Crippen LogP contribution in [-0.2, 0) is 11.3 Å². The van der Waals surface area contributed by atoms with Crippen molar-refractivity contribution in [3.63, 3.8) is 0 Å². The lowest BCUT2D eigenvalue weighted by Crippen LogP contribution is -2.37. The molecule has 0 saturated carbocycles. The van der Waals surface area contributed by atoms with Gasteiger partial charge in [0.2, 0.25) is 0 Å². The van der Waals surface area contributed by atoms with Crippen LogP contribution in [0.1, 0.15) is 41.1 Å². The third-order valence-electron chi connectivity index (χ3n) is 6.88. The maximum Gasteiger partial charge on any atom is 0.170 e. The second-order valence-electron chi connectivity index (χ2n) is 9.41. The first-order valence-corrected chi connectivity index (χ1v) is 12.5. The molecule has 2 saturated heterocycles. The number of ether oxygens (including phenoxy) is 1. The molecular formula is C25H38N6OS. The molecule has 0 radical (unpaired) electrons. The van der Waals surface area contributed by atoms with Gasteiger partial charge < -0.3 is 24.4 Å². The van der Waals surface area contributed by atoms with E-state index in [0.717, 1.165) is 69.7 Å². The summed E-state index contributed by atoms with van der Waals surface area (Å²) in [5.74, 6) is 0. The lowest BCUT2D eigenvalue weighted by Gasteiger charge is -2.29. The van der Waals surface area contributed by atoms with Crippen LogP contribution in [0.2, 0.25) is 0 Å². The predicted molar refractivity (Wildman–Crippen MR) is 136 cm³/mol. The molecule has 2 fully saturated rings. The van der Waals surface area contributed by atoms with E-state index in [1.54, 1.807) is 0 Å². The molecule has 2 aliphatic heterocycles. The van der Waals surface area contributed by atoms with Gasteiger partial charge in [0.05, 0.1) is 31.0 Å². The summed E-state index contributed by atoms with van der Waals surface area (Å²) >= 11 is 5.82. The molecule has 4 heterocycles. The van der Waals surface area contributed by atoms with E-state index in [2.05, 4.69) is 75.7 Å². The number of aromatic nitrogens is 2. The third-order valence-corrected chi connectivity index (χ3v) is 7.23. The molecule has 2 unspecified atom stereocenters. The van der Waals surface area contributed by atoms with Crippen molar-refractivity contribution in [2.45, 2.75) is 38.9 Å². The van der Waals surface area contributed by atoms with Crippen LogP contribution in [0.5, 0.6) is 0 Å². The van der Waals surface area contributed by atoms with Crippen molar-refractivity contribution >= 4 is 17.3 Å². The topological polar surface area (TPSA) is 48.8 Å². The number of hydrogen-bond donors (Lipinski definition) is 1. The van der Waals surface area contributed by atoms with Gasteiger partial charge in [-0.25, -0.2) is 0 Å². The Kier molecular flexibility index (Phi) is 8.01. The zero-order chi connectivity index (χ0) is 23.4. The van der Waals surface area contributed by atoms with Gasteiger partial charge in [0.1, 0.15) is 0 Å². The molecule has 2 aliphatic rings. The van der Waals surface area contributed by atoms with Crippen LogP contribution >= 0.6 is 12.2 Å². The monoisotopic (exact) mass is 470 g/mol. The second-order valence-corrected chi connectivity index (χ2v) is 9.80. The number of pyridine rings is 1. The maximum atomic E-state index is 5.82. The fraction of sp³-hybridized carbons (Fsp3) is 0.600. The molecule has 4 rings (SSSR count). The summed E-state index contributed by atoms with van der Waals surface area (Å²) in [5, 5.41) is 4.40. The Morgan fingerprint density at radius 2 is 1.94 bits per heavy atom. The summed E-state index contributed by atoms with van der Waals surface area (Å²) < 4.78 is 7.97. The van der Waals surface area contributed by atoms with E-state index >= 15 is 0 Å². The molecule has 0 bridgehead atoms. The van der Waals surface area contributed by atoms with E-state index in [-0.39, 0.29) is 12.1 Å². The quantitative estimate of drug-likeness (QED) is 0.566. The second kappa shape index (κ2) is 11.0. The molecule has 7 nitrogen and oxygen atoms in total. The first kappa shape index (κ1) is 24.1. The molecular weight excluding hydrogens is 432 g/mol. The van der Waals surface area contributed by atoms with Crippen molar-refractivity contribution in [2.75, 3.05) is 60.0 Å². The van der Waals surface area contributed by atoms with Gasteiger partial charge in [-0.1, -0.05) is 6.07 Å². The van der Waals surface area contributed by atoms with Gasteiger partial charge in [-0.3, -0.25) is 9.88 Å². The molecule has 33 heavy (non-hydrogen) atoms. The summed E-state index contributed by atoms with van der Waals surface area (Å²) in [6.07, 6.45) is 3.01. The van der Waals surface area contributed by atoms with E-state index in [9.17, 15) is 0 Å². The number of rotatable bonds is 9. The molecule has 2 aromatic rings. The highest BCUT2D eigenvalue weighted by Gasteiger charge is 2.41. The summed E-state index contributed by atoms with van der Waals surface area (Å²) in [6.45, 7) is 12.3. The highest BCUT2D eigenvalue weighted by atomic mass is 32.1. The van der Waals surface area contributed by atoms with E-state index in [0.29, 0.717) is 0 Å². The van der Waals surface area contributed by atoms with E-state index < -0.39 is 0 Å². The first-order chi connectivity index (χ1) is 16.0. The minimum absolute atomic E-state index is 0.0446. The van der Waals surface area contributed by atoms with Crippen molar-refractivity contribution < 1.29 is 4.74 Å². The highest BCUT2D eigenvalue weighted by molar-refractivity contribution is 7.80. The number of thiocarbonyl (C=S) groups is 1. The summed E-state index contributed by atoms with van der Waals surface area (Å²) in [5.41, 5.74) is 5.03. The Balaban J connectivity index is 1.57. The summed E-state index contributed by atoms with van der Waals surface area (Å²) in [7, 11) is 4.22. The molecule has 2 aromatic heterocycles. The Hall–Kier alpha value is -2.00. The zero-order valence-electron chi connectivity index (χ0n) is 20.5. The number of nitrogens with one attached hydrogen (secondary N) is 1. The Bertz CT molecular complexity index is 924. The molecule has 8 heteroatoms. The average molecular weight is 471 g/mol. The van der Waals surface area contributed by atoms with Gasteiger partial charge in [0.15, 0.2) is 5.11 Å². The number of hydrogen-bond acceptors (Lipinski definition) is 5. The molecule has 0 spiro atoms. The van der Waals surface area contributed by atoms with Gasteiger partial charge in [0.25, 0.3) is 0 Å². The van der Waals surface area contributed by atoms with Gasteiger partial charge >= 0.3 is 0 Å². The van der Waals surface area contributed by atoms with Gasteiger partial charge in [-0.05, 0) is 70.3 Å². The van der Waals surface area contributed by atoms with Crippen molar-refractivity contribution in [3.05, 3.63) is 53.1 Å². The molecule has 180 valence electrons. The van der Waals surface area contributed by atoms with Crippen LogP contribution in [0.25, 0.3) is 0 Å². The number of likely N-dealkylation sites (N-methyl/N-ethyl adjacent to an activating group) is 1. The van der Waals surface area contributed by atoms with Crippen LogP contribution < -0.4 is 5.32 Å². The molecule has 0 aliphatic carbocycles. The van der Waals surface area contributed by atoms with Crippen LogP contribution in [0.4, 0.5) is 0 Å². The summed E-state index contributed by atoms with van der Waals surface area (Å²) in [6, 6.07) is 8.67. The lowest BCUT2D eigenvalue weighted by molar-refractivity contribution is 0.0369. The SMILES string of the molecule is Cc1cc(C2C(c3ccccn3)NC(=S)N2CCN(C)C)c(C)n1CCCN1CCOCC1. The van der Waals surface area contributed by atoms with Crippen LogP contribution in [0.15, 0.2) is 30.5 Å². The number of morpholine rings is 1. The molecule has 0 amide bonds. The van der Waals surface area contributed by atoms with Crippen LogP contribution in [-0.4, -0.2) is 89.4 Å². The Labute approximate surface area is 203 Å². The minimum Gasteiger partial charge on any atom is -0.379 e. The van der Waals surface area contributed by atoms with E-state index in [1.165, 1.54) is 17.0 Å². The number of nitrogens with zero attached hydrogens (tertiary/aromatic N) is 5. The highest BCUT2D eigenvalue weighted by Crippen LogP contribution is 2.40. The minimum atomic E-state index is 0.0446. The largest absolute Gasteiger partial charge is 0.379 e. The molecule has 1 N–H and O–H groups in total. The maximum absolute atomic E-state index is 5.82. The Morgan fingerprint density at radius 3 is 2.64 bits per heavy atom. The van der Waals surface area contributed by atoms with Crippen molar-refractivity contribution in [2.24, 2.45) is 0 Å². The van der Waals surface area contributed by atoms with Crippen LogP contribution in [0.3, 0.4) is 0 Å². The van der Waals surface area contributed by atoms with E-state index in [1.807, 2.05) is 12.3 Å². The van der Waals surface area contributed by atoms with Crippen molar-refractivity contribution in [1.29, 1.82) is 0 Å². The lowest BCUT2D eigenvalue weighted by atomic mass is 9.97. The van der Waals surface area contributed by atoms with Crippen molar-refractivity contribution in [1.82, 2.24) is 29.6 Å². The number of aryl methyl sites for hydroxylation is 1. The van der Waals surface area contributed by atoms with Gasteiger partial charge in [-0.15, -0.1) is 0 Å². The third kappa shape index (κ3) is 5.57. The molecule has 2 atom stereocenters. The Morgan fingerprint density at radius 1 is 1.15 bits per heavy atom. The standard InChI is InChI=1S/C25H38N6OS/c1-19-18-21(20(2)30(19)11-7-10-29-14-16-32-17-15-29)24-23(22-8-5-6-9-26-22)27-25(33)31(24)13-12-28(3)4/h5-6,8-9,18,23-24H,7,10-17H2,1-4H3,(H,27,33). The van der Waals surface area contributed by atoms with Crippen molar-refractivity contribution in [3.8, 4) is 0 Å². The zero-order valence-corrected chi connectivity index (χ0v) is 21.3.